The second-order valence-electron chi connectivity index (χ2n) is 8.48. The summed E-state index contributed by atoms with van der Waals surface area (Å²) in [6.45, 7) is 10.4. The first-order chi connectivity index (χ1) is 17.0. The number of pyridine rings is 1. The maximum Gasteiger partial charge on any atom is 0.256 e. The molecule has 9 heteroatoms. The number of anilines is 1. The van der Waals surface area contributed by atoms with Crippen LogP contribution in [0.3, 0.4) is 0 Å². The van der Waals surface area contributed by atoms with Crippen molar-refractivity contribution in [1.29, 1.82) is 0 Å². The van der Waals surface area contributed by atoms with Crippen molar-refractivity contribution >= 4 is 22.5 Å². The van der Waals surface area contributed by atoms with E-state index in [-0.39, 0.29) is 5.91 Å². The topological polar surface area (TPSA) is 95.5 Å². The van der Waals surface area contributed by atoms with Gasteiger partial charge in [0, 0.05) is 47.2 Å². The van der Waals surface area contributed by atoms with Crippen LogP contribution in [0, 0.1) is 13.8 Å². The highest BCUT2D eigenvalue weighted by Crippen LogP contribution is 2.27. The van der Waals surface area contributed by atoms with Crippen molar-refractivity contribution < 1.29 is 4.79 Å². The number of carbonyl (C=O) groups is 1. The van der Waals surface area contributed by atoms with E-state index in [1.807, 2.05) is 72.1 Å². The summed E-state index contributed by atoms with van der Waals surface area (Å²) in [4.78, 5) is 18.2. The Kier molecular flexibility index (Phi) is 5.90. The van der Waals surface area contributed by atoms with Crippen molar-refractivity contribution in [2.24, 2.45) is 0 Å². The largest absolute Gasteiger partial charge is 0.319 e. The molecule has 4 heterocycles. The fourth-order valence-electron chi connectivity index (χ4n) is 4.36. The van der Waals surface area contributed by atoms with Gasteiger partial charge in [0.15, 0.2) is 0 Å². The van der Waals surface area contributed by atoms with Crippen molar-refractivity contribution in [2.45, 2.75) is 47.3 Å². The van der Waals surface area contributed by atoms with Gasteiger partial charge in [-0.1, -0.05) is 18.2 Å². The van der Waals surface area contributed by atoms with Crippen LogP contribution in [0.15, 0.2) is 55.1 Å². The number of hydrogen-bond acceptors (Lipinski definition) is 5. The fourth-order valence-corrected chi connectivity index (χ4v) is 4.36. The first-order valence-corrected chi connectivity index (χ1v) is 11.8. The highest BCUT2D eigenvalue weighted by molar-refractivity contribution is 6.13. The van der Waals surface area contributed by atoms with Crippen molar-refractivity contribution in [3.05, 3.63) is 77.6 Å². The molecule has 0 aliphatic carbocycles. The van der Waals surface area contributed by atoms with E-state index in [0.29, 0.717) is 17.8 Å². The zero-order valence-corrected chi connectivity index (χ0v) is 20.4. The van der Waals surface area contributed by atoms with Crippen LogP contribution in [0.2, 0.25) is 0 Å². The highest BCUT2D eigenvalue weighted by atomic mass is 16.1. The quantitative estimate of drug-likeness (QED) is 0.381. The van der Waals surface area contributed by atoms with Crippen LogP contribution in [0.25, 0.3) is 22.2 Å². The van der Waals surface area contributed by atoms with E-state index < -0.39 is 0 Å². The summed E-state index contributed by atoms with van der Waals surface area (Å²) < 4.78 is 5.68. The summed E-state index contributed by atoms with van der Waals surface area (Å²) in [6.07, 6.45) is 7.17. The number of nitrogens with zero attached hydrogens (tertiary/aromatic N) is 7. The molecule has 0 aliphatic heterocycles. The number of aromatic nitrogens is 7. The van der Waals surface area contributed by atoms with Gasteiger partial charge < -0.3 is 5.32 Å². The van der Waals surface area contributed by atoms with Gasteiger partial charge in [-0.15, -0.1) is 0 Å². The van der Waals surface area contributed by atoms with Gasteiger partial charge in [-0.2, -0.15) is 15.3 Å². The fraction of sp³-hybridized carbons (Fsp3) is 0.269. The van der Waals surface area contributed by atoms with Crippen LogP contribution < -0.4 is 5.32 Å². The molecule has 35 heavy (non-hydrogen) atoms. The van der Waals surface area contributed by atoms with Crippen LogP contribution in [0.4, 0.5) is 5.69 Å². The Morgan fingerprint density at radius 1 is 0.943 bits per heavy atom. The van der Waals surface area contributed by atoms with E-state index in [9.17, 15) is 4.79 Å². The standard InChI is InChI=1S/C26H28N8O/c1-5-33-17(3)19(12-28-33)15-32-16-20(13-27-32)30-26(35)22-11-25(23-14-29-34(6-2)18(23)4)31-24-10-8-7-9-21(22)24/h7-14,16H,5-6,15H2,1-4H3,(H,30,35). The second-order valence-corrected chi connectivity index (χ2v) is 8.48. The summed E-state index contributed by atoms with van der Waals surface area (Å²) in [7, 11) is 0. The molecule has 0 bridgehead atoms. The van der Waals surface area contributed by atoms with Crippen molar-refractivity contribution in [2.75, 3.05) is 5.32 Å². The van der Waals surface area contributed by atoms with Gasteiger partial charge in [0.25, 0.3) is 5.91 Å². The average Bonchev–Trinajstić information content (AvgIpc) is 3.57. The molecular formula is C26H28N8O. The Bertz CT molecular complexity index is 1520. The van der Waals surface area contributed by atoms with Crippen molar-refractivity contribution in [1.82, 2.24) is 34.3 Å². The van der Waals surface area contributed by atoms with E-state index >= 15 is 0 Å². The van der Waals surface area contributed by atoms with E-state index in [1.54, 1.807) is 10.9 Å². The maximum atomic E-state index is 13.4. The first kappa shape index (κ1) is 22.5. The van der Waals surface area contributed by atoms with Gasteiger partial charge in [-0.05, 0) is 39.8 Å². The third-order valence-electron chi connectivity index (χ3n) is 6.37. The molecule has 0 unspecified atom stereocenters. The molecule has 0 saturated heterocycles. The van der Waals surface area contributed by atoms with E-state index in [0.717, 1.165) is 52.2 Å². The van der Waals surface area contributed by atoms with Crippen molar-refractivity contribution in [3.63, 3.8) is 0 Å². The van der Waals surface area contributed by atoms with Gasteiger partial charge >= 0.3 is 0 Å². The molecule has 0 atom stereocenters. The second kappa shape index (κ2) is 9.17. The third-order valence-corrected chi connectivity index (χ3v) is 6.37. The van der Waals surface area contributed by atoms with Crippen LogP contribution in [-0.2, 0) is 19.6 Å². The lowest BCUT2D eigenvalue weighted by atomic mass is 10.0. The summed E-state index contributed by atoms with van der Waals surface area (Å²) in [5, 5.41) is 17.1. The van der Waals surface area contributed by atoms with Crippen molar-refractivity contribution in [3.8, 4) is 11.3 Å². The molecule has 0 aliphatic rings. The van der Waals surface area contributed by atoms with Crippen LogP contribution in [0.5, 0.6) is 0 Å². The Labute approximate surface area is 203 Å². The number of nitrogens with one attached hydrogen (secondary N) is 1. The lowest BCUT2D eigenvalue weighted by Crippen LogP contribution is -2.13. The van der Waals surface area contributed by atoms with Gasteiger partial charge in [0.2, 0.25) is 0 Å². The average molecular weight is 469 g/mol. The number of hydrogen-bond donors (Lipinski definition) is 1. The summed E-state index contributed by atoms with van der Waals surface area (Å²) in [5.41, 5.74) is 6.83. The Morgan fingerprint density at radius 3 is 2.43 bits per heavy atom. The number of rotatable bonds is 7. The molecule has 0 fully saturated rings. The predicted molar refractivity (Wildman–Crippen MR) is 135 cm³/mol. The Balaban J connectivity index is 1.44. The number of benzene rings is 1. The zero-order valence-electron chi connectivity index (χ0n) is 20.4. The van der Waals surface area contributed by atoms with E-state index in [1.165, 1.54) is 0 Å². The van der Waals surface area contributed by atoms with E-state index in [2.05, 4.69) is 34.5 Å². The Hall–Kier alpha value is -4.27. The first-order valence-electron chi connectivity index (χ1n) is 11.8. The van der Waals surface area contributed by atoms with Gasteiger partial charge in [-0.3, -0.25) is 18.8 Å². The van der Waals surface area contributed by atoms with E-state index in [4.69, 9.17) is 4.98 Å². The number of aryl methyl sites for hydroxylation is 2. The van der Waals surface area contributed by atoms with Gasteiger partial charge in [0.1, 0.15) is 0 Å². The number of amides is 1. The minimum atomic E-state index is -0.208. The molecule has 1 aromatic carbocycles. The van der Waals surface area contributed by atoms with Gasteiger partial charge in [0.05, 0.1) is 47.6 Å². The highest BCUT2D eigenvalue weighted by Gasteiger charge is 2.17. The summed E-state index contributed by atoms with van der Waals surface area (Å²) in [6, 6.07) is 9.52. The lowest BCUT2D eigenvalue weighted by Gasteiger charge is -2.10. The molecule has 1 amide bonds. The van der Waals surface area contributed by atoms with Gasteiger partial charge in [-0.25, -0.2) is 4.98 Å². The molecule has 1 N–H and O–H groups in total. The molecule has 0 spiro atoms. The molecule has 5 rings (SSSR count). The smallest absolute Gasteiger partial charge is 0.256 e. The molecule has 9 nitrogen and oxygen atoms in total. The zero-order chi connectivity index (χ0) is 24.5. The number of fused-ring (bicyclic) bond motifs is 1. The normalized spacial score (nSPS) is 11.3. The molecule has 0 saturated carbocycles. The van der Waals surface area contributed by atoms with Crippen LogP contribution in [-0.4, -0.2) is 40.2 Å². The third kappa shape index (κ3) is 4.21. The minimum Gasteiger partial charge on any atom is -0.319 e. The molecule has 4 aromatic heterocycles. The molecular weight excluding hydrogens is 440 g/mol. The maximum absolute atomic E-state index is 13.4. The van der Waals surface area contributed by atoms with Crippen LogP contribution >= 0.6 is 0 Å². The molecule has 178 valence electrons. The summed E-state index contributed by atoms with van der Waals surface area (Å²) >= 11 is 0. The van der Waals surface area contributed by atoms with Crippen LogP contribution in [0.1, 0.15) is 41.2 Å². The molecule has 0 radical (unpaired) electrons. The number of para-hydroxylation sites is 1. The Morgan fingerprint density at radius 2 is 1.69 bits per heavy atom. The number of carbonyl (C=O) groups excluding carboxylic acids is 1. The monoisotopic (exact) mass is 468 g/mol. The predicted octanol–water partition coefficient (Wildman–Crippen LogP) is 4.45. The molecule has 5 aromatic rings. The minimum absolute atomic E-state index is 0.208. The lowest BCUT2D eigenvalue weighted by molar-refractivity contribution is 0.102. The SMILES string of the molecule is CCn1ncc(Cn2cc(NC(=O)c3cc(-c4cnn(CC)c4C)nc4ccccc34)cn2)c1C. The summed E-state index contributed by atoms with van der Waals surface area (Å²) in [5.74, 6) is -0.208.